The normalized spacial score (nSPS) is 15.6. The van der Waals surface area contributed by atoms with Gasteiger partial charge >= 0.3 is 0 Å². The quantitative estimate of drug-likeness (QED) is 0.782. The molecule has 0 radical (unpaired) electrons. The molecule has 3 aromatic heterocycles. The van der Waals surface area contributed by atoms with E-state index in [0.29, 0.717) is 5.82 Å². The first-order valence-corrected chi connectivity index (χ1v) is 9.16. The molecule has 6 nitrogen and oxygen atoms in total. The number of piperidine rings is 1. The van der Waals surface area contributed by atoms with Gasteiger partial charge in [-0.15, -0.1) is 11.3 Å². The van der Waals surface area contributed by atoms with Crippen molar-refractivity contribution in [2.45, 2.75) is 19.8 Å². The Labute approximate surface area is 149 Å². The lowest BCUT2D eigenvalue weighted by Gasteiger charge is -2.32. The molecule has 1 saturated heterocycles. The monoisotopic (exact) mass is 353 g/mol. The first-order valence-electron chi connectivity index (χ1n) is 8.34. The molecule has 1 fully saturated rings. The van der Waals surface area contributed by atoms with Crippen LogP contribution in [0.3, 0.4) is 0 Å². The van der Waals surface area contributed by atoms with Gasteiger partial charge in [-0.05, 0) is 38.0 Å². The van der Waals surface area contributed by atoms with Crippen LogP contribution in [0.15, 0.2) is 30.6 Å². The van der Waals surface area contributed by atoms with Crippen LogP contribution < -0.4 is 10.6 Å². The van der Waals surface area contributed by atoms with Crippen LogP contribution in [0, 0.1) is 12.8 Å². The number of hydrogen-bond acceptors (Lipinski definition) is 6. The number of rotatable bonds is 3. The van der Waals surface area contributed by atoms with E-state index in [1.165, 1.54) is 4.88 Å². The third kappa shape index (κ3) is 3.07. The number of fused-ring (bicyclic) bond motifs is 1. The minimum Gasteiger partial charge on any atom is -0.369 e. The zero-order valence-corrected chi connectivity index (χ0v) is 14.8. The summed E-state index contributed by atoms with van der Waals surface area (Å²) in [4.78, 5) is 29.6. The SMILES string of the molecule is Cc1cc2c(N3CCC(C(N)=O)CC3)nc(-c3cccnc3)nc2s1. The molecule has 25 heavy (non-hydrogen) atoms. The summed E-state index contributed by atoms with van der Waals surface area (Å²) in [7, 11) is 0. The number of carbonyl (C=O) groups excluding carboxylic acids is 1. The molecule has 1 amide bonds. The summed E-state index contributed by atoms with van der Waals surface area (Å²) in [5.74, 6) is 1.40. The lowest BCUT2D eigenvalue weighted by Crippen LogP contribution is -2.39. The van der Waals surface area contributed by atoms with Gasteiger partial charge < -0.3 is 10.6 Å². The van der Waals surface area contributed by atoms with E-state index in [9.17, 15) is 4.79 Å². The van der Waals surface area contributed by atoms with Gasteiger partial charge in [-0.2, -0.15) is 0 Å². The van der Waals surface area contributed by atoms with Crippen LogP contribution in [-0.2, 0) is 4.79 Å². The summed E-state index contributed by atoms with van der Waals surface area (Å²) in [5.41, 5.74) is 6.36. The number of amides is 1. The summed E-state index contributed by atoms with van der Waals surface area (Å²) in [6.07, 6.45) is 5.07. The lowest BCUT2D eigenvalue weighted by molar-refractivity contribution is -0.122. The number of nitrogens with two attached hydrogens (primary N) is 1. The standard InChI is InChI=1S/C18H19N5OS/c1-11-9-14-17(23-7-4-12(5-8-23)15(19)24)21-16(22-18(14)25-11)13-3-2-6-20-10-13/h2-3,6,9-10,12H,4-5,7-8H2,1H3,(H2,19,24). The molecule has 0 aliphatic carbocycles. The van der Waals surface area contributed by atoms with E-state index in [1.807, 2.05) is 12.1 Å². The molecule has 1 aliphatic heterocycles. The molecular weight excluding hydrogens is 334 g/mol. The van der Waals surface area contributed by atoms with Crippen molar-refractivity contribution in [3.63, 3.8) is 0 Å². The Bertz CT molecular complexity index is 916. The van der Waals surface area contributed by atoms with E-state index in [1.54, 1.807) is 23.7 Å². The van der Waals surface area contributed by atoms with E-state index in [-0.39, 0.29) is 11.8 Å². The molecule has 0 bridgehead atoms. The lowest BCUT2D eigenvalue weighted by atomic mass is 9.96. The summed E-state index contributed by atoms with van der Waals surface area (Å²) in [6.45, 7) is 3.64. The zero-order valence-electron chi connectivity index (χ0n) is 14.0. The van der Waals surface area contributed by atoms with Crippen LogP contribution in [0.25, 0.3) is 21.6 Å². The first kappa shape index (κ1) is 16.0. The minimum atomic E-state index is -0.199. The number of anilines is 1. The minimum absolute atomic E-state index is 0.0319. The Morgan fingerprint density at radius 1 is 1.32 bits per heavy atom. The Morgan fingerprint density at radius 3 is 2.80 bits per heavy atom. The molecule has 2 N–H and O–H groups in total. The molecule has 3 aromatic rings. The average molecular weight is 353 g/mol. The number of hydrogen-bond donors (Lipinski definition) is 1. The number of carbonyl (C=O) groups is 1. The highest BCUT2D eigenvalue weighted by atomic mass is 32.1. The van der Waals surface area contributed by atoms with Gasteiger partial charge in [0.2, 0.25) is 5.91 Å². The smallest absolute Gasteiger partial charge is 0.220 e. The second-order valence-corrected chi connectivity index (χ2v) is 7.59. The van der Waals surface area contributed by atoms with Crippen LogP contribution in [-0.4, -0.2) is 33.9 Å². The molecule has 0 spiro atoms. The highest BCUT2D eigenvalue weighted by molar-refractivity contribution is 7.18. The average Bonchev–Trinajstić information content (AvgIpc) is 3.02. The molecule has 4 rings (SSSR count). The van der Waals surface area contributed by atoms with Crippen molar-refractivity contribution in [3.05, 3.63) is 35.5 Å². The van der Waals surface area contributed by atoms with Gasteiger partial charge in [0.15, 0.2) is 5.82 Å². The number of aryl methyl sites for hydroxylation is 1. The van der Waals surface area contributed by atoms with Crippen LogP contribution in [0.5, 0.6) is 0 Å². The fraction of sp³-hybridized carbons (Fsp3) is 0.333. The number of aromatic nitrogens is 3. The predicted octanol–water partition coefficient (Wildman–Crippen LogP) is 2.76. The Kier molecular flexibility index (Phi) is 4.09. The maximum atomic E-state index is 11.4. The second kappa shape index (κ2) is 6.40. The van der Waals surface area contributed by atoms with Crippen LogP contribution in [0.1, 0.15) is 17.7 Å². The third-order valence-electron chi connectivity index (χ3n) is 4.61. The van der Waals surface area contributed by atoms with Gasteiger partial charge in [-0.1, -0.05) is 0 Å². The fourth-order valence-corrected chi connectivity index (χ4v) is 4.14. The molecule has 4 heterocycles. The van der Waals surface area contributed by atoms with E-state index in [0.717, 1.165) is 47.5 Å². The largest absolute Gasteiger partial charge is 0.369 e. The number of thiophene rings is 1. The van der Waals surface area contributed by atoms with Crippen molar-refractivity contribution >= 4 is 33.3 Å². The Morgan fingerprint density at radius 2 is 2.12 bits per heavy atom. The maximum absolute atomic E-state index is 11.4. The van der Waals surface area contributed by atoms with Gasteiger partial charge in [-0.3, -0.25) is 9.78 Å². The summed E-state index contributed by atoms with van der Waals surface area (Å²) >= 11 is 1.67. The van der Waals surface area contributed by atoms with Gasteiger partial charge in [-0.25, -0.2) is 9.97 Å². The van der Waals surface area contributed by atoms with E-state index in [2.05, 4.69) is 22.9 Å². The molecular formula is C18H19N5OS. The van der Waals surface area contributed by atoms with Gasteiger partial charge in [0, 0.05) is 41.8 Å². The summed E-state index contributed by atoms with van der Waals surface area (Å²) in [6, 6.07) is 6.00. The van der Waals surface area contributed by atoms with Crippen LogP contribution in [0.2, 0.25) is 0 Å². The van der Waals surface area contributed by atoms with E-state index in [4.69, 9.17) is 15.7 Å². The molecule has 0 aromatic carbocycles. The predicted molar refractivity (Wildman–Crippen MR) is 99.5 cm³/mol. The fourth-order valence-electron chi connectivity index (χ4n) is 3.27. The first-order chi connectivity index (χ1) is 12.1. The highest BCUT2D eigenvalue weighted by Gasteiger charge is 2.26. The Balaban J connectivity index is 1.76. The summed E-state index contributed by atoms with van der Waals surface area (Å²) in [5, 5.41) is 1.08. The van der Waals surface area contributed by atoms with Crippen molar-refractivity contribution in [2.24, 2.45) is 11.7 Å². The number of nitrogens with zero attached hydrogens (tertiary/aromatic N) is 4. The third-order valence-corrected chi connectivity index (χ3v) is 5.56. The van der Waals surface area contributed by atoms with Gasteiger partial charge in [0.05, 0.1) is 5.39 Å². The molecule has 7 heteroatoms. The van der Waals surface area contributed by atoms with Gasteiger partial charge in [0.1, 0.15) is 10.6 Å². The molecule has 128 valence electrons. The molecule has 0 atom stereocenters. The topological polar surface area (TPSA) is 85.0 Å². The van der Waals surface area contributed by atoms with Crippen molar-refractivity contribution in [1.82, 2.24) is 15.0 Å². The van der Waals surface area contributed by atoms with Crippen molar-refractivity contribution in [1.29, 1.82) is 0 Å². The summed E-state index contributed by atoms with van der Waals surface area (Å²) < 4.78 is 0. The zero-order chi connectivity index (χ0) is 17.4. The van der Waals surface area contributed by atoms with Crippen molar-refractivity contribution in [3.8, 4) is 11.4 Å². The Hall–Kier alpha value is -2.54. The maximum Gasteiger partial charge on any atom is 0.220 e. The highest BCUT2D eigenvalue weighted by Crippen LogP contribution is 2.34. The molecule has 1 aliphatic rings. The van der Waals surface area contributed by atoms with Crippen molar-refractivity contribution in [2.75, 3.05) is 18.0 Å². The van der Waals surface area contributed by atoms with E-state index < -0.39 is 0 Å². The number of primary amides is 1. The molecule has 0 saturated carbocycles. The van der Waals surface area contributed by atoms with Crippen molar-refractivity contribution < 1.29 is 4.79 Å². The van der Waals surface area contributed by atoms with Crippen LogP contribution in [0.4, 0.5) is 5.82 Å². The second-order valence-electron chi connectivity index (χ2n) is 6.35. The molecule has 0 unspecified atom stereocenters. The van der Waals surface area contributed by atoms with E-state index >= 15 is 0 Å². The van der Waals surface area contributed by atoms with Gasteiger partial charge in [0.25, 0.3) is 0 Å². The van der Waals surface area contributed by atoms with Crippen LogP contribution >= 0.6 is 11.3 Å². The number of pyridine rings is 1.